The molecule has 1 rings (SSSR count). The van der Waals surface area contributed by atoms with Crippen molar-refractivity contribution in [3.8, 4) is 6.07 Å². The molecule has 0 N–H and O–H groups in total. The summed E-state index contributed by atoms with van der Waals surface area (Å²) in [7, 11) is 0. The van der Waals surface area contributed by atoms with Gasteiger partial charge in [0, 0.05) is 12.2 Å². The fraction of sp³-hybridized carbons (Fsp3) is 0.571. The van der Waals surface area contributed by atoms with Crippen molar-refractivity contribution in [1.29, 1.82) is 5.26 Å². The molecule has 0 saturated heterocycles. The minimum Gasteiger partial charge on any atom is -0.196 e. The number of thioether (sulfide) groups is 2. The lowest BCUT2D eigenvalue weighted by molar-refractivity contribution is 1.00. The standard InChI is InChI=1S/C7H9NS2/c1-9-7(6-8)4-2-3-5-10-7/h2-3H,4-5H2,1H3. The van der Waals surface area contributed by atoms with Crippen molar-refractivity contribution in [3.63, 3.8) is 0 Å². The predicted molar refractivity (Wildman–Crippen MR) is 48.1 cm³/mol. The number of nitriles is 1. The van der Waals surface area contributed by atoms with E-state index in [0.717, 1.165) is 12.2 Å². The van der Waals surface area contributed by atoms with Crippen LogP contribution in [0.5, 0.6) is 0 Å². The molecule has 1 heterocycles. The minimum absolute atomic E-state index is 0.186. The number of hydrogen-bond acceptors (Lipinski definition) is 3. The maximum Gasteiger partial charge on any atom is 0.151 e. The molecule has 3 heteroatoms. The molecule has 1 aliphatic heterocycles. The molecule has 10 heavy (non-hydrogen) atoms. The van der Waals surface area contributed by atoms with Gasteiger partial charge in [0.05, 0.1) is 6.07 Å². The summed E-state index contributed by atoms with van der Waals surface area (Å²) >= 11 is 3.37. The molecular formula is C7H9NS2. The Morgan fingerprint density at radius 3 is 2.80 bits per heavy atom. The molecule has 0 saturated carbocycles. The summed E-state index contributed by atoms with van der Waals surface area (Å²) in [6.07, 6.45) is 7.09. The summed E-state index contributed by atoms with van der Waals surface area (Å²) in [6, 6.07) is 2.34. The molecule has 54 valence electrons. The third-order valence-electron chi connectivity index (χ3n) is 1.47. The maximum absolute atomic E-state index is 8.82. The van der Waals surface area contributed by atoms with Crippen molar-refractivity contribution in [3.05, 3.63) is 12.2 Å². The molecule has 1 atom stereocenters. The van der Waals surface area contributed by atoms with E-state index in [1.54, 1.807) is 23.5 Å². The number of rotatable bonds is 1. The Hall–Kier alpha value is -0.0700. The van der Waals surface area contributed by atoms with Crippen molar-refractivity contribution in [2.45, 2.75) is 10.5 Å². The molecule has 0 radical (unpaired) electrons. The van der Waals surface area contributed by atoms with Crippen LogP contribution in [-0.4, -0.2) is 16.1 Å². The SMILES string of the molecule is CSC1(C#N)CC=CCS1. The van der Waals surface area contributed by atoms with Gasteiger partial charge in [-0.3, -0.25) is 0 Å². The van der Waals surface area contributed by atoms with Crippen LogP contribution in [0.25, 0.3) is 0 Å². The van der Waals surface area contributed by atoms with Crippen molar-refractivity contribution in [2.75, 3.05) is 12.0 Å². The fourth-order valence-corrected chi connectivity index (χ4v) is 2.62. The first-order chi connectivity index (χ1) is 4.83. The van der Waals surface area contributed by atoms with E-state index in [9.17, 15) is 0 Å². The predicted octanol–water partition coefficient (Wildman–Crippen LogP) is 2.26. The van der Waals surface area contributed by atoms with Gasteiger partial charge in [0.2, 0.25) is 0 Å². The molecule has 0 spiro atoms. The van der Waals surface area contributed by atoms with Crippen molar-refractivity contribution >= 4 is 23.5 Å². The molecular weight excluding hydrogens is 162 g/mol. The van der Waals surface area contributed by atoms with E-state index in [-0.39, 0.29) is 4.08 Å². The van der Waals surface area contributed by atoms with E-state index in [0.29, 0.717) is 0 Å². The molecule has 0 fully saturated rings. The van der Waals surface area contributed by atoms with E-state index in [1.165, 1.54) is 0 Å². The Kier molecular flexibility index (Phi) is 2.70. The van der Waals surface area contributed by atoms with E-state index in [4.69, 9.17) is 5.26 Å². The lowest BCUT2D eigenvalue weighted by Gasteiger charge is -2.23. The molecule has 0 bridgehead atoms. The second kappa shape index (κ2) is 3.36. The van der Waals surface area contributed by atoms with Crippen LogP contribution in [0.4, 0.5) is 0 Å². The van der Waals surface area contributed by atoms with E-state index in [1.807, 2.05) is 6.26 Å². The van der Waals surface area contributed by atoms with Gasteiger partial charge in [-0.05, 0) is 6.26 Å². The van der Waals surface area contributed by atoms with E-state index < -0.39 is 0 Å². The first-order valence-corrected chi connectivity index (χ1v) is 5.29. The summed E-state index contributed by atoms with van der Waals surface area (Å²) < 4.78 is -0.186. The van der Waals surface area contributed by atoms with Gasteiger partial charge in [-0.25, -0.2) is 0 Å². The van der Waals surface area contributed by atoms with E-state index >= 15 is 0 Å². The Bertz CT molecular complexity index is 183. The van der Waals surface area contributed by atoms with Gasteiger partial charge < -0.3 is 0 Å². The summed E-state index contributed by atoms with van der Waals surface area (Å²) in [5.41, 5.74) is 0. The second-order valence-electron chi connectivity index (χ2n) is 2.06. The molecule has 0 aliphatic carbocycles. The van der Waals surface area contributed by atoms with Gasteiger partial charge >= 0.3 is 0 Å². The lowest BCUT2D eigenvalue weighted by atomic mass is 10.3. The van der Waals surface area contributed by atoms with Gasteiger partial charge in [0.25, 0.3) is 0 Å². The van der Waals surface area contributed by atoms with Crippen LogP contribution in [0.15, 0.2) is 12.2 Å². The average Bonchev–Trinajstić information content (AvgIpc) is 2.06. The highest BCUT2D eigenvalue weighted by atomic mass is 32.2. The van der Waals surface area contributed by atoms with Gasteiger partial charge in [0.15, 0.2) is 4.08 Å². The zero-order valence-corrected chi connectivity index (χ0v) is 7.47. The Morgan fingerprint density at radius 2 is 2.50 bits per heavy atom. The number of hydrogen-bond donors (Lipinski definition) is 0. The van der Waals surface area contributed by atoms with Crippen LogP contribution in [0, 0.1) is 11.3 Å². The monoisotopic (exact) mass is 171 g/mol. The van der Waals surface area contributed by atoms with Gasteiger partial charge in [0.1, 0.15) is 0 Å². The van der Waals surface area contributed by atoms with Crippen LogP contribution < -0.4 is 0 Å². The smallest absolute Gasteiger partial charge is 0.151 e. The molecule has 1 nitrogen and oxygen atoms in total. The summed E-state index contributed by atoms with van der Waals surface area (Å²) in [4.78, 5) is 0. The summed E-state index contributed by atoms with van der Waals surface area (Å²) in [6.45, 7) is 0. The maximum atomic E-state index is 8.82. The molecule has 0 aromatic rings. The number of nitrogens with zero attached hydrogens (tertiary/aromatic N) is 1. The number of allylic oxidation sites excluding steroid dienone is 1. The normalized spacial score (nSPS) is 31.6. The first kappa shape index (κ1) is 8.03. The van der Waals surface area contributed by atoms with Crippen molar-refractivity contribution < 1.29 is 0 Å². The third kappa shape index (κ3) is 1.50. The molecule has 1 unspecified atom stereocenters. The minimum atomic E-state index is -0.186. The van der Waals surface area contributed by atoms with Crippen LogP contribution in [0.1, 0.15) is 6.42 Å². The topological polar surface area (TPSA) is 23.8 Å². The van der Waals surface area contributed by atoms with Crippen LogP contribution in [0.2, 0.25) is 0 Å². The Balaban J connectivity index is 2.67. The van der Waals surface area contributed by atoms with Crippen LogP contribution in [0.3, 0.4) is 0 Å². The average molecular weight is 171 g/mol. The largest absolute Gasteiger partial charge is 0.196 e. The first-order valence-electron chi connectivity index (χ1n) is 3.08. The molecule has 0 amide bonds. The zero-order chi connectivity index (χ0) is 7.45. The Labute approximate surface area is 69.9 Å². The van der Waals surface area contributed by atoms with Gasteiger partial charge in [-0.1, -0.05) is 12.2 Å². The van der Waals surface area contributed by atoms with Crippen LogP contribution in [-0.2, 0) is 0 Å². The van der Waals surface area contributed by atoms with E-state index in [2.05, 4.69) is 18.2 Å². The van der Waals surface area contributed by atoms with Gasteiger partial charge in [-0.15, -0.1) is 23.5 Å². The summed E-state index contributed by atoms with van der Waals surface area (Å²) in [5, 5.41) is 8.82. The highest BCUT2D eigenvalue weighted by molar-refractivity contribution is 8.18. The highest BCUT2D eigenvalue weighted by Gasteiger charge is 2.29. The van der Waals surface area contributed by atoms with Gasteiger partial charge in [-0.2, -0.15) is 5.26 Å². The zero-order valence-electron chi connectivity index (χ0n) is 5.83. The summed E-state index contributed by atoms with van der Waals surface area (Å²) in [5.74, 6) is 0.981. The lowest BCUT2D eigenvalue weighted by Crippen LogP contribution is -2.18. The third-order valence-corrected chi connectivity index (χ3v) is 4.32. The molecule has 0 aromatic heterocycles. The molecule has 0 aromatic carbocycles. The fourth-order valence-electron chi connectivity index (χ4n) is 0.814. The highest BCUT2D eigenvalue weighted by Crippen LogP contribution is 2.40. The van der Waals surface area contributed by atoms with Crippen LogP contribution >= 0.6 is 23.5 Å². The van der Waals surface area contributed by atoms with Crippen molar-refractivity contribution in [2.24, 2.45) is 0 Å². The Morgan fingerprint density at radius 1 is 1.70 bits per heavy atom. The quantitative estimate of drug-likeness (QED) is 0.565. The second-order valence-corrected chi connectivity index (χ2v) is 4.74. The van der Waals surface area contributed by atoms with Crippen molar-refractivity contribution in [1.82, 2.24) is 0 Å². The molecule has 1 aliphatic rings.